The fourth-order valence-corrected chi connectivity index (χ4v) is 2.17. The molecule has 0 aliphatic carbocycles. The van der Waals surface area contributed by atoms with Crippen LogP contribution in [0.3, 0.4) is 0 Å². The van der Waals surface area contributed by atoms with Crippen LogP contribution in [0, 0.1) is 22.7 Å². The van der Waals surface area contributed by atoms with Gasteiger partial charge in [0.2, 0.25) is 0 Å². The zero-order valence-electron chi connectivity index (χ0n) is 9.87. The quantitative estimate of drug-likeness (QED) is 0.613. The van der Waals surface area contributed by atoms with Crippen molar-refractivity contribution < 1.29 is 0 Å². The van der Waals surface area contributed by atoms with Crippen LogP contribution in [0.4, 0.5) is 0 Å². The highest BCUT2D eigenvalue weighted by molar-refractivity contribution is 6.37. The summed E-state index contributed by atoms with van der Waals surface area (Å²) in [5.41, 5.74) is 0.677. The molecule has 2 aromatic rings. The van der Waals surface area contributed by atoms with Gasteiger partial charge in [0.05, 0.1) is 31.2 Å². The molecule has 0 amide bonds. The number of benzene rings is 2. The van der Waals surface area contributed by atoms with E-state index in [1.165, 1.54) is 0 Å². The largest absolute Gasteiger partial charge is 0.192 e. The van der Waals surface area contributed by atoms with Crippen LogP contribution >= 0.6 is 46.4 Å². The van der Waals surface area contributed by atoms with E-state index in [0.29, 0.717) is 31.2 Å². The first kappa shape index (κ1) is 16.6. The third kappa shape index (κ3) is 4.30. The van der Waals surface area contributed by atoms with Gasteiger partial charge in [-0.05, 0) is 24.3 Å². The summed E-state index contributed by atoms with van der Waals surface area (Å²) in [7, 11) is 0. The van der Waals surface area contributed by atoms with Crippen LogP contribution in [0.15, 0.2) is 36.4 Å². The summed E-state index contributed by atoms with van der Waals surface area (Å²) in [5, 5.41) is 18.6. The van der Waals surface area contributed by atoms with E-state index in [9.17, 15) is 0 Å². The molecule has 0 N–H and O–H groups in total. The Labute approximate surface area is 136 Å². The minimum absolute atomic E-state index is 0.339. The van der Waals surface area contributed by atoms with Gasteiger partial charge in [0.15, 0.2) is 0 Å². The summed E-state index contributed by atoms with van der Waals surface area (Å²) in [5.74, 6) is 0. The lowest BCUT2D eigenvalue weighted by Crippen LogP contribution is -1.76. The first-order valence-corrected chi connectivity index (χ1v) is 6.70. The second-order valence-electron chi connectivity index (χ2n) is 3.42. The summed E-state index contributed by atoms with van der Waals surface area (Å²) < 4.78 is 0. The van der Waals surface area contributed by atoms with Crippen molar-refractivity contribution in [3.8, 4) is 12.1 Å². The van der Waals surface area contributed by atoms with Gasteiger partial charge in [-0.3, -0.25) is 0 Å². The molecule has 0 saturated carbocycles. The lowest BCUT2D eigenvalue weighted by molar-refractivity contribution is 1.48. The smallest absolute Gasteiger partial charge is 0.102 e. The fraction of sp³-hybridized carbons (Fsp3) is 0. The Bertz CT molecular complexity index is 597. The van der Waals surface area contributed by atoms with Crippen LogP contribution in [0.25, 0.3) is 0 Å². The topological polar surface area (TPSA) is 47.6 Å². The van der Waals surface area contributed by atoms with Crippen molar-refractivity contribution >= 4 is 46.4 Å². The molecule has 100 valence electrons. The predicted molar refractivity (Wildman–Crippen MR) is 82.4 cm³/mol. The van der Waals surface area contributed by atoms with Gasteiger partial charge < -0.3 is 0 Å². The summed E-state index contributed by atoms with van der Waals surface area (Å²) in [4.78, 5) is 0. The van der Waals surface area contributed by atoms with E-state index in [2.05, 4.69) is 0 Å². The van der Waals surface area contributed by atoms with E-state index >= 15 is 0 Å². The van der Waals surface area contributed by atoms with E-state index in [1.54, 1.807) is 36.4 Å². The predicted octanol–water partition coefficient (Wildman–Crippen LogP) is 5.73. The molecule has 0 radical (unpaired) electrons. The van der Waals surface area contributed by atoms with Crippen LogP contribution in [-0.4, -0.2) is 0 Å². The first-order valence-electron chi connectivity index (χ1n) is 5.19. The van der Waals surface area contributed by atoms with Crippen LogP contribution in [0.1, 0.15) is 11.1 Å². The Hall–Kier alpha value is -1.42. The molecule has 0 aromatic heterocycles. The Morgan fingerprint density at radius 2 is 0.850 bits per heavy atom. The van der Waals surface area contributed by atoms with E-state index in [1.807, 2.05) is 12.1 Å². The summed E-state index contributed by atoms with van der Waals surface area (Å²) >= 11 is 22.5. The van der Waals surface area contributed by atoms with Crippen molar-refractivity contribution in [2.75, 3.05) is 0 Å². The van der Waals surface area contributed by atoms with Crippen molar-refractivity contribution in [2.24, 2.45) is 0 Å². The van der Waals surface area contributed by atoms with Gasteiger partial charge in [0, 0.05) is 0 Å². The normalized spacial score (nSPS) is 8.90. The highest BCUT2D eigenvalue weighted by atomic mass is 35.5. The van der Waals surface area contributed by atoms with Crippen molar-refractivity contribution in [3.05, 3.63) is 67.6 Å². The molecule has 0 saturated heterocycles. The SMILES string of the molecule is N#Cc1c(Cl)cccc1Cl.N#Cc1c(Cl)cccc1Cl. The molecule has 0 heterocycles. The maximum absolute atomic E-state index is 8.48. The molecule has 6 heteroatoms. The van der Waals surface area contributed by atoms with Gasteiger partial charge in [-0.15, -0.1) is 0 Å². The van der Waals surface area contributed by atoms with Crippen LogP contribution in [0.5, 0.6) is 0 Å². The number of nitrogens with zero attached hydrogens (tertiary/aromatic N) is 2. The van der Waals surface area contributed by atoms with Gasteiger partial charge >= 0.3 is 0 Å². The molecular weight excluding hydrogens is 338 g/mol. The van der Waals surface area contributed by atoms with Crippen molar-refractivity contribution in [1.29, 1.82) is 10.5 Å². The van der Waals surface area contributed by atoms with E-state index in [4.69, 9.17) is 56.9 Å². The maximum Gasteiger partial charge on any atom is 0.102 e. The molecule has 0 atom stereocenters. The molecule has 0 spiro atoms. The Balaban J connectivity index is 0.000000200. The number of nitriles is 2. The monoisotopic (exact) mass is 342 g/mol. The highest BCUT2D eigenvalue weighted by Crippen LogP contribution is 2.23. The highest BCUT2D eigenvalue weighted by Gasteiger charge is 2.02. The Morgan fingerprint density at radius 3 is 1.00 bits per heavy atom. The molecule has 0 bridgehead atoms. The van der Waals surface area contributed by atoms with Gasteiger partial charge in [0.25, 0.3) is 0 Å². The lowest BCUT2D eigenvalue weighted by atomic mass is 10.2. The third-order valence-electron chi connectivity index (χ3n) is 2.15. The average molecular weight is 344 g/mol. The standard InChI is InChI=1S/2C7H3Cl2N/c2*8-6-2-1-3-7(9)5(6)4-10/h2*1-3H. The molecule has 0 fully saturated rings. The van der Waals surface area contributed by atoms with Crippen LogP contribution in [0.2, 0.25) is 20.1 Å². The molecule has 2 aromatic carbocycles. The van der Waals surface area contributed by atoms with Gasteiger partial charge in [0.1, 0.15) is 12.1 Å². The molecule has 2 rings (SSSR count). The molecule has 0 aliphatic heterocycles. The van der Waals surface area contributed by atoms with Crippen LogP contribution in [-0.2, 0) is 0 Å². The van der Waals surface area contributed by atoms with Gasteiger partial charge in [-0.1, -0.05) is 58.5 Å². The van der Waals surface area contributed by atoms with E-state index in [0.717, 1.165) is 0 Å². The zero-order valence-corrected chi connectivity index (χ0v) is 12.9. The average Bonchev–Trinajstić information content (AvgIpc) is 2.40. The van der Waals surface area contributed by atoms with Crippen molar-refractivity contribution in [2.45, 2.75) is 0 Å². The number of hydrogen-bond donors (Lipinski definition) is 0. The van der Waals surface area contributed by atoms with Crippen molar-refractivity contribution in [3.63, 3.8) is 0 Å². The van der Waals surface area contributed by atoms with Crippen LogP contribution < -0.4 is 0 Å². The second kappa shape index (κ2) is 8.00. The lowest BCUT2D eigenvalue weighted by Gasteiger charge is -1.94. The molecule has 0 aliphatic rings. The zero-order chi connectivity index (χ0) is 15.1. The maximum atomic E-state index is 8.48. The molecule has 2 nitrogen and oxygen atoms in total. The first-order chi connectivity index (χ1) is 9.51. The number of halogens is 4. The Kier molecular flexibility index (Phi) is 6.65. The molecule has 0 unspecified atom stereocenters. The number of rotatable bonds is 0. The van der Waals surface area contributed by atoms with Gasteiger partial charge in [-0.2, -0.15) is 10.5 Å². The molecule has 20 heavy (non-hydrogen) atoms. The fourth-order valence-electron chi connectivity index (χ4n) is 1.21. The Morgan fingerprint density at radius 1 is 0.600 bits per heavy atom. The summed E-state index contributed by atoms with van der Waals surface area (Å²) in [6.07, 6.45) is 0. The third-order valence-corrected chi connectivity index (χ3v) is 3.41. The van der Waals surface area contributed by atoms with E-state index in [-0.39, 0.29) is 0 Å². The number of hydrogen-bond acceptors (Lipinski definition) is 2. The minimum Gasteiger partial charge on any atom is -0.192 e. The van der Waals surface area contributed by atoms with Gasteiger partial charge in [-0.25, -0.2) is 0 Å². The van der Waals surface area contributed by atoms with E-state index < -0.39 is 0 Å². The summed E-state index contributed by atoms with van der Waals surface area (Å²) in [6, 6.07) is 13.7. The minimum atomic E-state index is 0.339. The van der Waals surface area contributed by atoms with Crippen molar-refractivity contribution in [1.82, 2.24) is 0 Å². The second-order valence-corrected chi connectivity index (χ2v) is 5.05. The summed E-state index contributed by atoms with van der Waals surface area (Å²) in [6.45, 7) is 0. The molecular formula is C14H6Cl4N2.